The zero-order valence-electron chi connectivity index (χ0n) is 18.3. The van der Waals surface area contributed by atoms with E-state index in [1.165, 1.54) is 12.3 Å². The zero-order chi connectivity index (χ0) is 23.9. The maximum Gasteiger partial charge on any atom is 0.177 e. The van der Waals surface area contributed by atoms with Gasteiger partial charge in [0.2, 0.25) is 0 Å². The van der Waals surface area contributed by atoms with Gasteiger partial charge in [-0.3, -0.25) is 9.97 Å². The number of pyridine rings is 2. The molecule has 4 aromatic rings. The molecule has 34 heavy (non-hydrogen) atoms. The van der Waals surface area contributed by atoms with E-state index >= 15 is 0 Å². The van der Waals surface area contributed by atoms with E-state index in [2.05, 4.69) is 27.2 Å². The highest BCUT2D eigenvalue weighted by Crippen LogP contribution is 2.45. The third-order valence-electron chi connectivity index (χ3n) is 6.22. The summed E-state index contributed by atoms with van der Waals surface area (Å²) in [6.45, 7) is 0. The third-order valence-corrected chi connectivity index (χ3v) is 7.31. The van der Waals surface area contributed by atoms with Crippen molar-refractivity contribution in [1.82, 2.24) is 25.0 Å². The minimum absolute atomic E-state index is 0.0999. The molecule has 1 aliphatic rings. The molecule has 5 rings (SSSR count). The van der Waals surface area contributed by atoms with E-state index < -0.39 is 15.4 Å². The molecule has 3 heterocycles. The first-order valence-corrected chi connectivity index (χ1v) is 12.5. The zero-order valence-corrected chi connectivity index (χ0v) is 19.1. The molecule has 0 unspecified atom stereocenters. The number of rotatable bonds is 5. The van der Waals surface area contributed by atoms with Gasteiger partial charge in [-0.2, -0.15) is 25.5 Å². The Kier molecular flexibility index (Phi) is 5.11. The second kappa shape index (κ2) is 8.01. The molecule has 0 spiro atoms. The molecule has 1 saturated carbocycles. The van der Waals surface area contributed by atoms with Gasteiger partial charge in [0.1, 0.15) is 5.69 Å². The predicted molar refractivity (Wildman–Crippen MR) is 124 cm³/mol. The molecule has 9 nitrogen and oxygen atoms in total. The van der Waals surface area contributed by atoms with Gasteiger partial charge < -0.3 is 0 Å². The van der Waals surface area contributed by atoms with Crippen LogP contribution in [0.1, 0.15) is 19.3 Å². The molecule has 168 valence electrons. The Balaban J connectivity index is 1.60. The summed E-state index contributed by atoms with van der Waals surface area (Å²) in [6.07, 6.45) is 7.17. The van der Waals surface area contributed by atoms with Crippen molar-refractivity contribution in [3.05, 3.63) is 55.0 Å². The van der Waals surface area contributed by atoms with Crippen LogP contribution in [0.4, 0.5) is 0 Å². The standard InChI is InChI=1S/C24H19N7O2S/c1-34(32,33)18-4-5-21(28-14-18)17-9-20(19-3-2-8-27-22(19)10-17)23-15-29-31(30-23)24(6-7-25)11-16(12-24)13-26/h2-5,8-10,14-16H,6,11-12H2,1H3/t16-,24+. The van der Waals surface area contributed by atoms with Gasteiger partial charge in [0.05, 0.1) is 52.3 Å². The maximum atomic E-state index is 11.8. The first-order valence-electron chi connectivity index (χ1n) is 10.6. The van der Waals surface area contributed by atoms with Crippen LogP contribution in [0.3, 0.4) is 0 Å². The van der Waals surface area contributed by atoms with E-state index in [0.717, 1.165) is 28.3 Å². The SMILES string of the molecule is CS(=O)(=O)c1ccc(-c2cc(-c3cnn([C@]4(CC#N)C[C@H](C#N)C4)n3)c3cccnc3c2)nc1. The Hall–Kier alpha value is -4.15. The van der Waals surface area contributed by atoms with E-state index in [1.54, 1.807) is 23.3 Å². The molecular formula is C24H19N7O2S. The monoisotopic (exact) mass is 469 g/mol. The Morgan fingerprint density at radius 1 is 1.12 bits per heavy atom. The minimum Gasteiger partial charge on any atom is -0.256 e. The lowest BCUT2D eigenvalue weighted by Crippen LogP contribution is -2.47. The van der Waals surface area contributed by atoms with Gasteiger partial charge >= 0.3 is 0 Å². The van der Waals surface area contributed by atoms with Crippen LogP contribution in [-0.4, -0.2) is 39.6 Å². The van der Waals surface area contributed by atoms with Gasteiger partial charge in [-0.05, 0) is 43.2 Å². The second-order valence-corrected chi connectivity index (χ2v) is 10.6. The Bertz CT molecular complexity index is 1590. The molecule has 1 aromatic carbocycles. The number of benzene rings is 1. The summed E-state index contributed by atoms with van der Waals surface area (Å²) >= 11 is 0. The lowest BCUT2D eigenvalue weighted by Gasteiger charge is -2.42. The van der Waals surface area contributed by atoms with Crippen LogP contribution in [-0.2, 0) is 15.4 Å². The number of nitrogens with zero attached hydrogens (tertiary/aromatic N) is 7. The highest BCUT2D eigenvalue weighted by Gasteiger charge is 2.48. The summed E-state index contributed by atoms with van der Waals surface area (Å²) in [5.74, 6) is -0.0999. The highest BCUT2D eigenvalue weighted by atomic mass is 32.2. The molecule has 0 radical (unpaired) electrons. The number of nitriles is 2. The van der Waals surface area contributed by atoms with Crippen LogP contribution >= 0.6 is 0 Å². The van der Waals surface area contributed by atoms with Crippen molar-refractivity contribution in [1.29, 1.82) is 10.5 Å². The summed E-state index contributed by atoms with van der Waals surface area (Å²) in [6, 6.07) is 15.3. The van der Waals surface area contributed by atoms with Crippen molar-refractivity contribution in [2.75, 3.05) is 6.26 Å². The van der Waals surface area contributed by atoms with E-state index in [-0.39, 0.29) is 17.2 Å². The van der Waals surface area contributed by atoms with Crippen molar-refractivity contribution < 1.29 is 8.42 Å². The van der Waals surface area contributed by atoms with Gasteiger partial charge in [-0.25, -0.2) is 8.42 Å². The molecule has 1 aliphatic carbocycles. The fraction of sp³-hybridized carbons (Fsp3) is 0.250. The van der Waals surface area contributed by atoms with E-state index in [9.17, 15) is 18.9 Å². The summed E-state index contributed by atoms with van der Waals surface area (Å²) in [4.78, 5) is 10.6. The van der Waals surface area contributed by atoms with E-state index in [4.69, 9.17) is 5.10 Å². The predicted octanol–water partition coefficient (Wildman–Crippen LogP) is 3.50. The van der Waals surface area contributed by atoms with Crippen molar-refractivity contribution in [3.8, 4) is 34.7 Å². The summed E-state index contributed by atoms with van der Waals surface area (Å²) in [5, 5.41) is 28.6. The summed E-state index contributed by atoms with van der Waals surface area (Å²) in [7, 11) is -3.35. The lowest BCUT2D eigenvalue weighted by atomic mass is 9.68. The maximum absolute atomic E-state index is 11.8. The number of fused-ring (bicyclic) bond motifs is 1. The molecule has 0 amide bonds. The normalized spacial score (nSPS) is 19.8. The van der Waals surface area contributed by atoms with E-state index in [0.29, 0.717) is 24.2 Å². The quantitative estimate of drug-likeness (QED) is 0.433. The van der Waals surface area contributed by atoms with Gasteiger partial charge in [0.25, 0.3) is 0 Å². The summed E-state index contributed by atoms with van der Waals surface area (Å²) < 4.78 is 23.6. The first-order chi connectivity index (χ1) is 16.3. The largest absolute Gasteiger partial charge is 0.256 e. The number of hydrogen-bond acceptors (Lipinski definition) is 8. The minimum atomic E-state index is -3.35. The van der Waals surface area contributed by atoms with Crippen LogP contribution in [0.5, 0.6) is 0 Å². The fourth-order valence-electron chi connectivity index (χ4n) is 4.40. The van der Waals surface area contributed by atoms with Crippen LogP contribution in [0.15, 0.2) is 59.9 Å². The van der Waals surface area contributed by atoms with Crippen LogP contribution in [0.25, 0.3) is 33.4 Å². The smallest absolute Gasteiger partial charge is 0.177 e. The van der Waals surface area contributed by atoms with Gasteiger partial charge in [0, 0.05) is 35.2 Å². The van der Waals surface area contributed by atoms with Crippen LogP contribution < -0.4 is 0 Å². The molecular weight excluding hydrogens is 450 g/mol. The topological polar surface area (TPSA) is 138 Å². The average molecular weight is 470 g/mol. The number of hydrogen-bond donors (Lipinski definition) is 0. The molecule has 0 atom stereocenters. The Labute approximate surface area is 196 Å². The average Bonchev–Trinajstić information content (AvgIpc) is 3.30. The molecule has 0 bridgehead atoms. The van der Waals surface area contributed by atoms with Crippen molar-refractivity contribution in [3.63, 3.8) is 0 Å². The van der Waals surface area contributed by atoms with Crippen molar-refractivity contribution >= 4 is 20.7 Å². The highest BCUT2D eigenvalue weighted by molar-refractivity contribution is 7.90. The fourth-order valence-corrected chi connectivity index (χ4v) is 4.96. The van der Waals surface area contributed by atoms with Gasteiger partial charge in [-0.15, -0.1) is 0 Å². The van der Waals surface area contributed by atoms with Gasteiger partial charge in [-0.1, -0.05) is 6.07 Å². The molecule has 0 N–H and O–H groups in total. The lowest BCUT2D eigenvalue weighted by molar-refractivity contribution is 0.0713. The number of sulfone groups is 1. The van der Waals surface area contributed by atoms with Crippen molar-refractivity contribution in [2.45, 2.75) is 29.7 Å². The van der Waals surface area contributed by atoms with Crippen LogP contribution in [0.2, 0.25) is 0 Å². The van der Waals surface area contributed by atoms with Crippen LogP contribution in [0, 0.1) is 28.6 Å². The third kappa shape index (κ3) is 3.68. The van der Waals surface area contributed by atoms with Gasteiger partial charge in [0.15, 0.2) is 9.84 Å². The molecule has 0 saturated heterocycles. The first kappa shape index (κ1) is 21.7. The second-order valence-electron chi connectivity index (χ2n) is 8.56. The Morgan fingerprint density at radius 2 is 1.94 bits per heavy atom. The van der Waals surface area contributed by atoms with E-state index in [1.807, 2.05) is 24.3 Å². The summed E-state index contributed by atoms with van der Waals surface area (Å²) in [5.41, 5.74) is 2.94. The molecule has 1 fully saturated rings. The van der Waals surface area contributed by atoms with Crippen molar-refractivity contribution in [2.24, 2.45) is 5.92 Å². The Morgan fingerprint density at radius 3 is 2.62 bits per heavy atom. The molecule has 0 aliphatic heterocycles. The molecule has 10 heteroatoms. The molecule has 3 aromatic heterocycles. The number of aromatic nitrogens is 5.